The lowest BCUT2D eigenvalue weighted by molar-refractivity contribution is -0.384. The Morgan fingerprint density at radius 1 is 1.09 bits per heavy atom. The van der Waals surface area contributed by atoms with Crippen molar-refractivity contribution < 1.29 is 4.92 Å². The summed E-state index contributed by atoms with van der Waals surface area (Å²) in [6, 6.07) is 14.6. The Balaban J connectivity index is 1.73. The molecule has 0 aliphatic rings. The topological polar surface area (TPSA) is 71.8 Å². The summed E-state index contributed by atoms with van der Waals surface area (Å²) in [7, 11) is 0. The second kappa shape index (κ2) is 5.33. The van der Waals surface area contributed by atoms with Crippen LogP contribution < -0.4 is 0 Å². The first-order valence-corrected chi connectivity index (χ1v) is 7.87. The van der Waals surface area contributed by atoms with Crippen LogP contribution in [0.2, 0.25) is 0 Å². The van der Waals surface area contributed by atoms with Crippen LogP contribution in [0.25, 0.3) is 32.7 Å². The van der Waals surface area contributed by atoms with E-state index in [1.54, 1.807) is 12.1 Å². The van der Waals surface area contributed by atoms with Crippen molar-refractivity contribution in [1.82, 2.24) is 9.97 Å². The van der Waals surface area contributed by atoms with Crippen molar-refractivity contribution in [3.05, 3.63) is 70.2 Å². The van der Waals surface area contributed by atoms with E-state index in [1.807, 2.05) is 29.8 Å². The van der Waals surface area contributed by atoms with Gasteiger partial charge >= 0.3 is 0 Å². The maximum absolute atomic E-state index is 10.7. The summed E-state index contributed by atoms with van der Waals surface area (Å²) in [5.74, 6) is 0. The average molecular weight is 321 g/mol. The van der Waals surface area contributed by atoms with Gasteiger partial charge in [-0.25, -0.2) is 4.98 Å². The van der Waals surface area contributed by atoms with E-state index in [-0.39, 0.29) is 5.69 Å². The molecule has 0 aliphatic carbocycles. The van der Waals surface area contributed by atoms with Crippen molar-refractivity contribution in [1.29, 1.82) is 0 Å². The lowest BCUT2D eigenvalue weighted by atomic mass is 10.1. The molecule has 0 atom stereocenters. The molecule has 2 aromatic heterocycles. The lowest BCUT2D eigenvalue weighted by Crippen LogP contribution is -1.87. The fourth-order valence-electron chi connectivity index (χ4n) is 2.54. The average Bonchev–Trinajstić information content (AvgIpc) is 3.21. The van der Waals surface area contributed by atoms with E-state index in [2.05, 4.69) is 16.0 Å². The minimum atomic E-state index is -0.400. The van der Waals surface area contributed by atoms with Gasteiger partial charge in [-0.05, 0) is 18.2 Å². The number of benzene rings is 2. The fraction of sp³-hybridized carbons (Fsp3) is 0. The maximum atomic E-state index is 10.7. The first kappa shape index (κ1) is 13.7. The Kier molecular flexibility index (Phi) is 3.17. The zero-order valence-electron chi connectivity index (χ0n) is 11.9. The van der Waals surface area contributed by atoms with Crippen molar-refractivity contribution >= 4 is 27.9 Å². The summed E-state index contributed by atoms with van der Waals surface area (Å²) in [6.07, 6.45) is 1.96. The summed E-state index contributed by atoms with van der Waals surface area (Å²) < 4.78 is 0. The third-order valence-electron chi connectivity index (χ3n) is 3.69. The van der Waals surface area contributed by atoms with Crippen molar-refractivity contribution in [3.63, 3.8) is 0 Å². The summed E-state index contributed by atoms with van der Waals surface area (Å²) in [5.41, 5.74) is 4.01. The molecule has 0 spiro atoms. The number of para-hydroxylation sites is 1. The van der Waals surface area contributed by atoms with E-state index in [0.717, 1.165) is 32.7 Å². The van der Waals surface area contributed by atoms with Crippen LogP contribution in [0.3, 0.4) is 0 Å². The quantitative estimate of drug-likeness (QED) is 0.432. The molecule has 5 nitrogen and oxygen atoms in total. The second-order valence-corrected chi connectivity index (χ2v) is 5.95. The van der Waals surface area contributed by atoms with Gasteiger partial charge in [0, 0.05) is 45.7 Å². The van der Waals surface area contributed by atoms with Crippen molar-refractivity contribution in [2.24, 2.45) is 0 Å². The Bertz CT molecular complexity index is 1000. The van der Waals surface area contributed by atoms with Crippen LogP contribution in [-0.4, -0.2) is 14.9 Å². The molecule has 1 N–H and O–H groups in total. The molecule has 2 aromatic carbocycles. The van der Waals surface area contributed by atoms with Crippen molar-refractivity contribution in [2.45, 2.75) is 0 Å². The largest absolute Gasteiger partial charge is 0.360 e. The van der Waals surface area contributed by atoms with Gasteiger partial charge in [0.2, 0.25) is 0 Å². The molecule has 0 fully saturated rings. The molecule has 6 heteroatoms. The molecule has 0 radical (unpaired) electrons. The number of aromatic amines is 1. The highest BCUT2D eigenvalue weighted by molar-refractivity contribution is 7.13. The minimum absolute atomic E-state index is 0.0853. The number of H-pyrrole nitrogens is 1. The van der Waals surface area contributed by atoms with Crippen LogP contribution >= 0.6 is 11.3 Å². The van der Waals surface area contributed by atoms with Crippen LogP contribution in [0.5, 0.6) is 0 Å². The number of hydrogen-bond acceptors (Lipinski definition) is 4. The number of non-ortho nitro benzene ring substituents is 1. The Hall–Kier alpha value is -2.99. The van der Waals surface area contributed by atoms with Crippen LogP contribution in [0.15, 0.2) is 60.1 Å². The molecular weight excluding hydrogens is 310 g/mol. The van der Waals surface area contributed by atoms with Gasteiger partial charge in [-0.2, -0.15) is 0 Å². The van der Waals surface area contributed by atoms with Gasteiger partial charge in [0.05, 0.1) is 10.6 Å². The molecule has 4 rings (SSSR count). The molecular formula is C17H11N3O2S. The monoisotopic (exact) mass is 321 g/mol. The van der Waals surface area contributed by atoms with Gasteiger partial charge in [-0.1, -0.05) is 18.2 Å². The Morgan fingerprint density at radius 2 is 1.87 bits per heavy atom. The molecule has 0 saturated carbocycles. The Morgan fingerprint density at radius 3 is 2.65 bits per heavy atom. The molecule has 4 aromatic rings. The maximum Gasteiger partial charge on any atom is 0.269 e. The highest BCUT2D eigenvalue weighted by Gasteiger charge is 2.12. The van der Waals surface area contributed by atoms with E-state index >= 15 is 0 Å². The van der Waals surface area contributed by atoms with Gasteiger partial charge in [0.1, 0.15) is 5.01 Å². The SMILES string of the molecule is O=[N+]([O-])c1ccc(-c2nc(-c3c[nH]c4ccccc34)cs2)cc1. The smallest absolute Gasteiger partial charge is 0.269 e. The third-order valence-corrected chi connectivity index (χ3v) is 4.59. The minimum Gasteiger partial charge on any atom is -0.360 e. The summed E-state index contributed by atoms with van der Waals surface area (Å²) in [4.78, 5) is 18.2. The van der Waals surface area contributed by atoms with E-state index in [4.69, 9.17) is 0 Å². The van der Waals surface area contributed by atoms with Gasteiger partial charge in [0.25, 0.3) is 5.69 Å². The highest BCUT2D eigenvalue weighted by atomic mass is 32.1. The number of nitrogens with zero attached hydrogens (tertiary/aromatic N) is 2. The Labute approximate surface area is 135 Å². The summed E-state index contributed by atoms with van der Waals surface area (Å²) in [5, 5.41) is 14.7. The van der Waals surface area contributed by atoms with E-state index < -0.39 is 4.92 Å². The second-order valence-electron chi connectivity index (χ2n) is 5.09. The summed E-state index contributed by atoms with van der Waals surface area (Å²) >= 11 is 1.53. The molecule has 2 heterocycles. The zero-order valence-corrected chi connectivity index (χ0v) is 12.7. The number of nitro benzene ring substituents is 1. The number of thiazole rings is 1. The van der Waals surface area contributed by atoms with Crippen LogP contribution in [0.4, 0.5) is 5.69 Å². The molecule has 0 amide bonds. The van der Waals surface area contributed by atoms with Gasteiger partial charge in [0.15, 0.2) is 0 Å². The number of aromatic nitrogens is 2. The number of hydrogen-bond donors (Lipinski definition) is 1. The normalized spacial score (nSPS) is 11.0. The standard InChI is InChI=1S/C17H11N3O2S/c21-20(22)12-7-5-11(6-8-12)17-19-16(10-23-17)14-9-18-15-4-2-1-3-13(14)15/h1-10,18H. The number of rotatable bonds is 3. The zero-order chi connectivity index (χ0) is 15.8. The summed E-state index contributed by atoms with van der Waals surface area (Å²) in [6.45, 7) is 0. The molecule has 0 unspecified atom stereocenters. The third kappa shape index (κ3) is 2.39. The lowest BCUT2D eigenvalue weighted by Gasteiger charge is -1.96. The van der Waals surface area contributed by atoms with E-state index in [0.29, 0.717) is 0 Å². The van der Waals surface area contributed by atoms with Crippen LogP contribution in [0, 0.1) is 10.1 Å². The number of nitrogens with one attached hydrogen (secondary N) is 1. The van der Waals surface area contributed by atoms with Gasteiger partial charge < -0.3 is 4.98 Å². The first-order chi connectivity index (χ1) is 11.2. The number of nitro groups is 1. The van der Waals surface area contributed by atoms with E-state index in [1.165, 1.54) is 23.5 Å². The molecule has 0 bridgehead atoms. The number of fused-ring (bicyclic) bond motifs is 1. The van der Waals surface area contributed by atoms with Crippen molar-refractivity contribution in [2.75, 3.05) is 0 Å². The fourth-order valence-corrected chi connectivity index (χ4v) is 3.37. The van der Waals surface area contributed by atoms with Crippen LogP contribution in [0.1, 0.15) is 0 Å². The molecule has 0 aliphatic heterocycles. The molecule has 23 heavy (non-hydrogen) atoms. The van der Waals surface area contributed by atoms with E-state index in [9.17, 15) is 10.1 Å². The van der Waals surface area contributed by atoms with Crippen LogP contribution in [-0.2, 0) is 0 Å². The predicted molar refractivity (Wildman–Crippen MR) is 91.5 cm³/mol. The highest BCUT2D eigenvalue weighted by Crippen LogP contribution is 2.33. The molecule has 0 saturated heterocycles. The van der Waals surface area contributed by atoms with Gasteiger partial charge in [-0.15, -0.1) is 11.3 Å². The van der Waals surface area contributed by atoms with Gasteiger partial charge in [-0.3, -0.25) is 10.1 Å². The predicted octanol–water partition coefficient (Wildman–Crippen LogP) is 4.87. The first-order valence-electron chi connectivity index (χ1n) is 6.99. The van der Waals surface area contributed by atoms with Crippen molar-refractivity contribution in [3.8, 4) is 21.8 Å². The molecule has 112 valence electrons.